The van der Waals surface area contributed by atoms with E-state index in [2.05, 4.69) is 4.37 Å². The summed E-state index contributed by atoms with van der Waals surface area (Å²) in [7, 11) is 0. The summed E-state index contributed by atoms with van der Waals surface area (Å²) in [5.41, 5.74) is 0.902. The van der Waals surface area contributed by atoms with Gasteiger partial charge in [-0.2, -0.15) is 4.37 Å². The predicted molar refractivity (Wildman–Crippen MR) is 59.8 cm³/mol. The average Bonchev–Trinajstić information content (AvgIpc) is 2.72. The molecule has 0 saturated heterocycles. The molecule has 2 aromatic rings. The molecule has 0 spiro atoms. The number of aryl methyl sites for hydroxylation is 1. The monoisotopic (exact) mass is 225 g/mol. The number of aliphatic hydroxyl groups is 1. The molecular formula is C10H11NOS2. The van der Waals surface area contributed by atoms with Crippen LogP contribution in [0.25, 0.3) is 0 Å². The molecule has 14 heavy (non-hydrogen) atoms. The third kappa shape index (κ3) is 1.49. The summed E-state index contributed by atoms with van der Waals surface area (Å²) in [6.07, 6.45) is 0. The minimum atomic E-state index is -0.946. The molecule has 0 aliphatic carbocycles. The Balaban J connectivity index is 2.48. The van der Waals surface area contributed by atoms with E-state index < -0.39 is 5.60 Å². The van der Waals surface area contributed by atoms with Gasteiger partial charge in [0.15, 0.2) is 0 Å². The van der Waals surface area contributed by atoms with E-state index in [9.17, 15) is 5.11 Å². The van der Waals surface area contributed by atoms with Gasteiger partial charge in [0.1, 0.15) is 5.60 Å². The molecule has 0 aromatic carbocycles. The van der Waals surface area contributed by atoms with Crippen molar-refractivity contribution < 1.29 is 5.11 Å². The van der Waals surface area contributed by atoms with E-state index >= 15 is 0 Å². The molecule has 0 radical (unpaired) electrons. The van der Waals surface area contributed by atoms with Crippen molar-refractivity contribution in [1.82, 2.24) is 4.37 Å². The van der Waals surface area contributed by atoms with Gasteiger partial charge >= 0.3 is 0 Å². The lowest BCUT2D eigenvalue weighted by Gasteiger charge is -2.20. The molecule has 2 aromatic heterocycles. The largest absolute Gasteiger partial charge is 0.378 e. The Kier molecular flexibility index (Phi) is 2.43. The Bertz CT molecular complexity index is 417. The summed E-state index contributed by atoms with van der Waals surface area (Å²) < 4.78 is 4.18. The zero-order valence-corrected chi connectivity index (χ0v) is 9.65. The number of hydrogen-bond donors (Lipinski definition) is 1. The van der Waals surface area contributed by atoms with Gasteiger partial charge in [-0.05, 0) is 48.5 Å². The lowest BCUT2D eigenvalue weighted by Crippen LogP contribution is -2.22. The molecule has 0 fully saturated rings. The van der Waals surface area contributed by atoms with Crippen molar-refractivity contribution in [3.63, 3.8) is 0 Å². The highest BCUT2D eigenvalue weighted by Gasteiger charge is 2.30. The van der Waals surface area contributed by atoms with Gasteiger partial charge in [-0.1, -0.05) is 0 Å². The van der Waals surface area contributed by atoms with Crippen molar-refractivity contribution in [2.45, 2.75) is 19.4 Å². The Morgan fingerprint density at radius 1 is 1.36 bits per heavy atom. The van der Waals surface area contributed by atoms with Crippen LogP contribution in [0, 0.1) is 6.92 Å². The van der Waals surface area contributed by atoms with Gasteiger partial charge in [-0.15, -0.1) is 11.3 Å². The minimum Gasteiger partial charge on any atom is -0.378 e. The Morgan fingerprint density at radius 2 is 2.14 bits per heavy atom. The summed E-state index contributed by atoms with van der Waals surface area (Å²) in [6, 6.07) is 3.88. The van der Waals surface area contributed by atoms with Crippen molar-refractivity contribution in [3.8, 4) is 0 Å². The van der Waals surface area contributed by atoms with Crippen LogP contribution in [0.2, 0.25) is 0 Å². The molecule has 0 bridgehead atoms. The number of aromatic nitrogens is 1. The van der Waals surface area contributed by atoms with Gasteiger partial charge in [0.2, 0.25) is 0 Å². The zero-order valence-electron chi connectivity index (χ0n) is 8.02. The first kappa shape index (κ1) is 9.83. The van der Waals surface area contributed by atoms with Gasteiger partial charge < -0.3 is 5.11 Å². The van der Waals surface area contributed by atoms with Gasteiger partial charge in [0.25, 0.3) is 0 Å². The van der Waals surface area contributed by atoms with Crippen molar-refractivity contribution in [1.29, 1.82) is 0 Å². The van der Waals surface area contributed by atoms with Crippen molar-refractivity contribution >= 4 is 22.9 Å². The fourth-order valence-electron chi connectivity index (χ4n) is 1.45. The first-order valence-corrected chi connectivity index (χ1v) is 6.02. The molecule has 1 N–H and O–H groups in total. The van der Waals surface area contributed by atoms with Crippen LogP contribution in [0.3, 0.4) is 0 Å². The molecule has 0 amide bonds. The summed E-state index contributed by atoms with van der Waals surface area (Å²) in [5, 5.41) is 14.2. The maximum absolute atomic E-state index is 10.4. The van der Waals surface area contributed by atoms with E-state index in [1.807, 2.05) is 29.8 Å². The van der Waals surface area contributed by atoms with Crippen LogP contribution in [0.4, 0.5) is 0 Å². The molecule has 2 nitrogen and oxygen atoms in total. The number of thiophene rings is 1. The predicted octanol–water partition coefficient (Wildman–Crippen LogP) is 2.77. The zero-order chi connectivity index (χ0) is 10.2. The highest BCUT2D eigenvalue weighted by Crippen LogP contribution is 2.34. The van der Waals surface area contributed by atoms with E-state index in [1.54, 1.807) is 18.3 Å². The van der Waals surface area contributed by atoms with E-state index in [-0.39, 0.29) is 0 Å². The molecular weight excluding hydrogens is 214 g/mol. The average molecular weight is 225 g/mol. The molecule has 1 atom stereocenters. The molecule has 74 valence electrons. The fourth-order valence-corrected chi connectivity index (χ4v) is 3.05. The van der Waals surface area contributed by atoms with E-state index in [1.165, 1.54) is 11.5 Å². The molecule has 0 aliphatic rings. The smallest absolute Gasteiger partial charge is 0.139 e. The molecule has 2 heterocycles. The summed E-state index contributed by atoms with van der Waals surface area (Å²) in [4.78, 5) is 0.975. The van der Waals surface area contributed by atoms with Crippen LogP contribution >= 0.6 is 22.9 Å². The van der Waals surface area contributed by atoms with Crippen molar-refractivity contribution in [3.05, 3.63) is 39.0 Å². The third-order valence-electron chi connectivity index (χ3n) is 2.24. The van der Waals surface area contributed by atoms with Crippen molar-refractivity contribution in [2.24, 2.45) is 0 Å². The first-order chi connectivity index (χ1) is 6.62. The number of nitrogens with zero attached hydrogens (tertiary/aromatic N) is 1. The maximum atomic E-state index is 10.4. The Labute approximate surface area is 91.0 Å². The van der Waals surface area contributed by atoms with Crippen molar-refractivity contribution in [2.75, 3.05) is 0 Å². The number of hydrogen-bond acceptors (Lipinski definition) is 4. The summed E-state index contributed by atoms with van der Waals surface area (Å²) in [6.45, 7) is 3.80. The first-order valence-electron chi connectivity index (χ1n) is 4.30. The third-order valence-corrected chi connectivity index (χ3v) is 4.03. The fraction of sp³-hybridized carbons (Fsp3) is 0.300. The Hall–Kier alpha value is -0.710. The van der Waals surface area contributed by atoms with Crippen LogP contribution in [0.15, 0.2) is 22.9 Å². The van der Waals surface area contributed by atoms with E-state index in [0.29, 0.717) is 0 Å². The lowest BCUT2D eigenvalue weighted by atomic mass is 9.98. The maximum Gasteiger partial charge on any atom is 0.139 e. The topological polar surface area (TPSA) is 33.1 Å². The second-order valence-corrected chi connectivity index (χ2v) is 4.97. The normalized spacial score (nSPS) is 15.4. The second kappa shape index (κ2) is 3.46. The molecule has 1 unspecified atom stereocenters. The van der Waals surface area contributed by atoms with Crippen LogP contribution in [0.1, 0.15) is 23.1 Å². The minimum absolute atomic E-state index is 0.730. The van der Waals surface area contributed by atoms with Gasteiger partial charge in [-0.25, -0.2) is 0 Å². The van der Waals surface area contributed by atoms with Gasteiger partial charge in [0.05, 0.1) is 5.69 Å². The summed E-state index contributed by atoms with van der Waals surface area (Å²) >= 11 is 2.93. The number of rotatable bonds is 2. The quantitative estimate of drug-likeness (QED) is 0.852. The molecule has 0 aliphatic heterocycles. The molecule has 0 saturated carbocycles. The van der Waals surface area contributed by atoms with Crippen LogP contribution in [-0.2, 0) is 5.60 Å². The van der Waals surface area contributed by atoms with E-state index in [0.717, 1.165) is 16.1 Å². The summed E-state index contributed by atoms with van der Waals surface area (Å²) in [5.74, 6) is 0. The van der Waals surface area contributed by atoms with Gasteiger partial charge in [0, 0.05) is 10.3 Å². The molecule has 4 heteroatoms. The van der Waals surface area contributed by atoms with Crippen LogP contribution in [0.5, 0.6) is 0 Å². The standard InChI is InChI=1S/C10H11NOS2/c1-7-3-5-13-9(7)10(2,12)8-4-6-14-11-8/h3-6,12H,1-2H3. The lowest BCUT2D eigenvalue weighted by molar-refractivity contribution is 0.102. The van der Waals surface area contributed by atoms with E-state index in [4.69, 9.17) is 0 Å². The molecule has 2 rings (SSSR count). The SMILES string of the molecule is Cc1ccsc1C(C)(O)c1ccsn1. The van der Waals surface area contributed by atoms with Crippen LogP contribution < -0.4 is 0 Å². The Morgan fingerprint density at radius 3 is 2.64 bits per heavy atom. The van der Waals surface area contributed by atoms with Gasteiger partial charge in [-0.3, -0.25) is 0 Å². The highest BCUT2D eigenvalue weighted by atomic mass is 32.1. The highest BCUT2D eigenvalue weighted by molar-refractivity contribution is 7.10. The van der Waals surface area contributed by atoms with Crippen LogP contribution in [-0.4, -0.2) is 9.48 Å². The second-order valence-electron chi connectivity index (χ2n) is 3.39.